The van der Waals surface area contributed by atoms with E-state index in [2.05, 4.69) is 4.74 Å². The van der Waals surface area contributed by atoms with E-state index in [9.17, 15) is 9.90 Å². The van der Waals surface area contributed by atoms with Gasteiger partial charge in [0.1, 0.15) is 0 Å². The number of para-hydroxylation sites is 2. The van der Waals surface area contributed by atoms with E-state index in [1.54, 1.807) is 24.3 Å². The molecule has 1 N–H and O–H groups in total. The van der Waals surface area contributed by atoms with Crippen molar-refractivity contribution >= 4 is 5.97 Å². The second-order valence-electron chi connectivity index (χ2n) is 3.00. The SMILES string of the molecule is COC(=O)CCCOc1ccccc1O. The van der Waals surface area contributed by atoms with Crippen LogP contribution < -0.4 is 4.74 Å². The summed E-state index contributed by atoms with van der Waals surface area (Å²) < 4.78 is 9.76. The Hall–Kier alpha value is -1.71. The van der Waals surface area contributed by atoms with Gasteiger partial charge in [-0.3, -0.25) is 4.79 Å². The lowest BCUT2D eigenvalue weighted by molar-refractivity contribution is -0.140. The zero-order valence-corrected chi connectivity index (χ0v) is 8.60. The Kier molecular flexibility index (Phi) is 4.47. The molecule has 0 unspecified atom stereocenters. The lowest BCUT2D eigenvalue weighted by atomic mass is 10.3. The highest BCUT2D eigenvalue weighted by atomic mass is 16.5. The first-order chi connectivity index (χ1) is 7.24. The molecule has 0 saturated heterocycles. The predicted octanol–water partition coefficient (Wildman–Crippen LogP) is 1.72. The van der Waals surface area contributed by atoms with Crippen LogP contribution in [0.5, 0.6) is 11.5 Å². The molecule has 0 spiro atoms. The number of hydrogen-bond acceptors (Lipinski definition) is 4. The first kappa shape index (κ1) is 11.4. The summed E-state index contributed by atoms with van der Waals surface area (Å²) in [4.78, 5) is 10.8. The van der Waals surface area contributed by atoms with Crippen LogP contribution in [0.15, 0.2) is 24.3 Å². The molecular weight excluding hydrogens is 196 g/mol. The molecular formula is C11H14O4. The number of carbonyl (C=O) groups excluding carboxylic acids is 1. The fourth-order valence-corrected chi connectivity index (χ4v) is 1.08. The second-order valence-corrected chi connectivity index (χ2v) is 3.00. The molecule has 0 bridgehead atoms. The van der Waals surface area contributed by atoms with E-state index in [-0.39, 0.29) is 11.7 Å². The van der Waals surface area contributed by atoms with Gasteiger partial charge in [0.05, 0.1) is 13.7 Å². The zero-order chi connectivity index (χ0) is 11.1. The summed E-state index contributed by atoms with van der Waals surface area (Å²) >= 11 is 0. The zero-order valence-electron chi connectivity index (χ0n) is 8.60. The molecule has 0 radical (unpaired) electrons. The number of rotatable bonds is 5. The van der Waals surface area contributed by atoms with Crippen LogP contribution in [-0.4, -0.2) is 24.8 Å². The Bertz CT molecular complexity index is 322. The monoisotopic (exact) mass is 210 g/mol. The van der Waals surface area contributed by atoms with Crippen LogP contribution in [0.4, 0.5) is 0 Å². The Morgan fingerprint density at radius 1 is 1.40 bits per heavy atom. The number of benzene rings is 1. The second kappa shape index (κ2) is 5.90. The summed E-state index contributed by atoms with van der Waals surface area (Å²) in [5, 5.41) is 9.35. The number of esters is 1. The molecule has 0 atom stereocenters. The standard InChI is InChI=1S/C11H14O4/c1-14-11(13)7-4-8-15-10-6-3-2-5-9(10)12/h2-3,5-6,12H,4,7-8H2,1H3. The summed E-state index contributed by atoms with van der Waals surface area (Å²) in [6, 6.07) is 6.72. The first-order valence-corrected chi connectivity index (χ1v) is 4.71. The van der Waals surface area contributed by atoms with Crippen molar-refractivity contribution in [2.45, 2.75) is 12.8 Å². The van der Waals surface area contributed by atoms with E-state index in [1.165, 1.54) is 7.11 Å². The third-order valence-corrected chi connectivity index (χ3v) is 1.88. The van der Waals surface area contributed by atoms with E-state index >= 15 is 0 Å². The third kappa shape index (κ3) is 3.89. The Labute approximate surface area is 88.4 Å². The smallest absolute Gasteiger partial charge is 0.305 e. The summed E-state index contributed by atoms with van der Waals surface area (Å²) in [5.41, 5.74) is 0. The highest BCUT2D eigenvalue weighted by molar-refractivity contribution is 5.69. The van der Waals surface area contributed by atoms with Gasteiger partial charge < -0.3 is 14.6 Å². The molecule has 4 heteroatoms. The number of ether oxygens (including phenoxy) is 2. The van der Waals surface area contributed by atoms with Crippen molar-refractivity contribution in [3.05, 3.63) is 24.3 Å². The van der Waals surface area contributed by atoms with Crippen molar-refractivity contribution in [1.82, 2.24) is 0 Å². The van der Waals surface area contributed by atoms with Gasteiger partial charge in [-0.15, -0.1) is 0 Å². The van der Waals surface area contributed by atoms with E-state index in [0.29, 0.717) is 25.2 Å². The van der Waals surface area contributed by atoms with E-state index < -0.39 is 0 Å². The summed E-state index contributed by atoms with van der Waals surface area (Å²) in [7, 11) is 1.35. The predicted molar refractivity (Wildman–Crippen MR) is 54.9 cm³/mol. The van der Waals surface area contributed by atoms with Crippen molar-refractivity contribution in [1.29, 1.82) is 0 Å². The molecule has 4 nitrogen and oxygen atoms in total. The Morgan fingerprint density at radius 3 is 2.80 bits per heavy atom. The minimum atomic E-state index is -0.254. The topological polar surface area (TPSA) is 55.8 Å². The average molecular weight is 210 g/mol. The lowest BCUT2D eigenvalue weighted by Crippen LogP contribution is -2.04. The van der Waals surface area contributed by atoms with Crippen LogP contribution in [0.3, 0.4) is 0 Å². The van der Waals surface area contributed by atoms with Gasteiger partial charge in [-0.25, -0.2) is 0 Å². The number of phenolic OH excluding ortho intramolecular Hbond substituents is 1. The molecule has 82 valence electrons. The van der Waals surface area contributed by atoms with Gasteiger partial charge in [0, 0.05) is 6.42 Å². The third-order valence-electron chi connectivity index (χ3n) is 1.88. The van der Waals surface area contributed by atoms with Crippen LogP contribution in [0.25, 0.3) is 0 Å². The lowest BCUT2D eigenvalue weighted by Gasteiger charge is -2.06. The van der Waals surface area contributed by atoms with Gasteiger partial charge in [-0.05, 0) is 18.6 Å². The molecule has 0 saturated carbocycles. The van der Waals surface area contributed by atoms with Crippen molar-refractivity contribution in [3.8, 4) is 11.5 Å². The molecule has 0 aliphatic rings. The Morgan fingerprint density at radius 2 is 2.13 bits per heavy atom. The fourth-order valence-electron chi connectivity index (χ4n) is 1.08. The number of methoxy groups -OCH3 is 1. The first-order valence-electron chi connectivity index (χ1n) is 4.71. The minimum Gasteiger partial charge on any atom is -0.504 e. The number of carbonyl (C=O) groups is 1. The molecule has 1 aromatic rings. The van der Waals surface area contributed by atoms with E-state index in [0.717, 1.165) is 0 Å². The van der Waals surface area contributed by atoms with Crippen molar-refractivity contribution in [2.24, 2.45) is 0 Å². The van der Waals surface area contributed by atoms with Crippen LogP contribution >= 0.6 is 0 Å². The number of aromatic hydroxyl groups is 1. The maximum atomic E-state index is 10.8. The fraction of sp³-hybridized carbons (Fsp3) is 0.364. The molecule has 0 aliphatic carbocycles. The van der Waals surface area contributed by atoms with Crippen LogP contribution in [0.1, 0.15) is 12.8 Å². The van der Waals surface area contributed by atoms with E-state index in [4.69, 9.17) is 4.74 Å². The summed E-state index contributed by atoms with van der Waals surface area (Å²) in [6.07, 6.45) is 0.894. The maximum absolute atomic E-state index is 10.8. The quantitative estimate of drug-likeness (QED) is 0.594. The van der Waals surface area contributed by atoms with Gasteiger partial charge in [0.15, 0.2) is 11.5 Å². The van der Waals surface area contributed by atoms with E-state index in [1.807, 2.05) is 0 Å². The summed E-state index contributed by atoms with van der Waals surface area (Å²) in [6.45, 7) is 0.382. The highest BCUT2D eigenvalue weighted by Gasteiger charge is 2.02. The molecule has 0 aromatic heterocycles. The summed E-state index contributed by atoms with van der Waals surface area (Å²) in [5.74, 6) is 0.286. The number of phenols is 1. The van der Waals surface area contributed by atoms with Crippen LogP contribution in [0.2, 0.25) is 0 Å². The maximum Gasteiger partial charge on any atom is 0.305 e. The van der Waals surface area contributed by atoms with Crippen molar-refractivity contribution in [2.75, 3.05) is 13.7 Å². The molecule has 1 rings (SSSR count). The molecule has 0 fully saturated rings. The van der Waals surface area contributed by atoms with Crippen molar-refractivity contribution < 1.29 is 19.4 Å². The van der Waals surface area contributed by atoms with Gasteiger partial charge >= 0.3 is 5.97 Å². The number of hydrogen-bond donors (Lipinski definition) is 1. The Balaban J connectivity index is 2.26. The van der Waals surface area contributed by atoms with Gasteiger partial charge in [-0.2, -0.15) is 0 Å². The molecule has 1 aromatic carbocycles. The van der Waals surface area contributed by atoms with Crippen LogP contribution in [-0.2, 0) is 9.53 Å². The molecule has 0 heterocycles. The van der Waals surface area contributed by atoms with Gasteiger partial charge in [0.25, 0.3) is 0 Å². The molecule has 0 amide bonds. The van der Waals surface area contributed by atoms with Crippen molar-refractivity contribution in [3.63, 3.8) is 0 Å². The van der Waals surface area contributed by atoms with Gasteiger partial charge in [0.2, 0.25) is 0 Å². The normalized spacial score (nSPS) is 9.67. The highest BCUT2D eigenvalue weighted by Crippen LogP contribution is 2.24. The molecule has 0 aliphatic heterocycles. The molecule has 15 heavy (non-hydrogen) atoms. The van der Waals surface area contributed by atoms with Gasteiger partial charge in [-0.1, -0.05) is 12.1 Å². The van der Waals surface area contributed by atoms with Crippen LogP contribution in [0, 0.1) is 0 Å². The average Bonchev–Trinajstić information content (AvgIpc) is 2.26. The largest absolute Gasteiger partial charge is 0.504 e. The minimum absolute atomic E-state index is 0.107.